The Hall–Kier alpha value is -3.61. The summed E-state index contributed by atoms with van der Waals surface area (Å²) < 4.78 is 16.0. The molecule has 5 rings (SSSR count). The summed E-state index contributed by atoms with van der Waals surface area (Å²) in [5, 5.41) is 0. The number of pyridine rings is 1. The number of rotatable bonds is 6. The smallest absolute Gasteiger partial charge is 0.245 e. The SMILES string of the molecule is O=C1C(NS(=O)c2ccccc2)Cc2nc(-c3ccccc3)ccc2N1Cc1ccccc1. The second-order valence-electron chi connectivity index (χ2n) is 7.89. The van der Waals surface area contributed by atoms with Crippen LogP contribution in [0.1, 0.15) is 11.3 Å². The van der Waals surface area contributed by atoms with Crippen LogP contribution >= 0.6 is 0 Å². The van der Waals surface area contributed by atoms with Crippen LogP contribution < -0.4 is 9.62 Å². The van der Waals surface area contributed by atoms with Crippen molar-refractivity contribution in [2.24, 2.45) is 0 Å². The molecule has 1 aliphatic rings. The van der Waals surface area contributed by atoms with E-state index in [0.29, 0.717) is 17.9 Å². The third-order valence-corrected chi connectivity index (χ3v) is 6.86. The zero-order chi connectivity index (χ0) is 22.6. The molecule has 2 atom stereocenters. The maximum absolute atomic E-state index is 13.5. The Kier molecular flexibility index (Phi) is 6.11. The minimum Gasteiger partial charge on any atom is -0.305 e. The first-order chi connectivity index (χ1) is 16.2. The van der Waals surface area contributed by atoms with E-state index in [1.165, 1.54) is 0 Å². The molecule has 4 aromatic rings. The van der Waals surface area contributed by atoms with Crippen LogP contribution in [0.3, 0.4) is 0 Å². The number of hydrogen-bond donors (Lipinski definition) is 1. The highest BCUT2D eigenvalue weighted by Crippen LogP contribution is 2.31. The van der Waals surface area contributed by atoms with Gasteiger partial charge in [0.15, 0.2) is 0 Å². The summed E-state index contributed by atoms with van der Waals surface area (Å²) in [6.07, 6.45) is 0.374. The summed E-state index contributed by atoms with van der Waals surface area (Å²) in [4.78, 5) is 20.8. The molecule has 0 bridgehead atoms. The predicted octanol–water partition coefficient (Wildman–Crippen LogP) is 4.52. The fourth-order valence-electron chi connectivity index (χ4n) is 4.01. The number of carbonyl (C=O) groups is 1. The highest BCUT2D eigenvalue weighted by Gasteiger charge is 2.35. The zero-order valence-electron chi connectivity index (χ0n) is 17.9. The van der Waals surface area contributed by atoms with E-state index >= 15 is 0 Å². The Morgan fingerprint density at radius 2 is 1.48 bits per heavy atom. The van der Waals surface area contributed by atoms with Gasteiger partial charge in [-0.25, -0.2) is 8.93 Å². The van der Waals surface area contributed by atoms with Crippen LogP contribution in [0.5, 0.6) is 0 Å². The fraction of sp³-hybridized carbons (Fsp3) is 0.111. The summed E-state index contributed by atoms with van der Waals surface area (Å²) in [7, 11) is -1.51. The summed E-state index contributed by atoms with van der Waals surface area (Å²) in [6, 6.07) is 32.3. The second kappa shape index (κ2) is 9.48. The Balaban J connectivity index is 1.50. The van der Waals surface area contributed by atoms with Crippen molar-refractivity contribution >= 4 is 22.6 Å². The van der Waals surface area contributed by atoms with Crippen LogP contribution in [0, 0.1) is 0 Å². The number of aromatic nitrogens is 1. The average Bonchev–Trinajstić information content (AvgIpc) is 2.88. The summed E-state index contributed by atoms with van der Waals surface area (Å²) in [5.41, 5.74) is 4.51. The summed E-state index contributed by atoms with van der Waals surface area (Å²) in [5.74, 6) is -0.107. The molecule has 0 aliphatic carbocycles. The Labute approximate surface area is 195 Å². The van der Waals surface area contributed by atoms with E-state index in [9.17, 15) is 9.00 Å². The lowest BCUT2D eigenvalue weighted by atomic mass is 10.00. The molecule has 0 radical (unpaired) electrons. The maximum atomic E-state index is 13.5. The van der Waals surface area contributed by atoms with Gasteiger partial charge in [-0.1, -0.05) is 78.9 Å². The van der Waals surface area contributed by atoms with Crippen LogP contribution in [0.25, 0.3) is 11.3 Å². The minimum absolute atomic E-state index is 0.107. The molecule has 33 heavy (non-hydrogen) atoms. The Bertz CT molecular complexity index is 1280. The van der Waals surface area contributed by atoms with E-state index in [4.69, 9.17) is 4.98 Å². The lowest BCUT2D eigenvalue weighted by molar-refractivity contribution is -0.120. The van der Waals surface area contributed by atoms with Gasteiger partial charge in [-0.15, -0.1) is 0 Å². The number of anilines is 1. The molecule has 5 nitrogen and oxygen atoms in total. The van der Waals surface area contributed by atoms with E-state index in [1.807, 2.05) is 91.0 Å². The van der Waals surface area contributed by atoms with E-state index in [0.717, 1.165) is 28.2 Å². The Morgan fingerprint density at radius 1 is 0.848 bits per heavy atom. The maximum Gasteiger partial charge on any atom is 0.245 e. The number of amides is 1. The van der Waals surface area contributed by atoms with Crippen molar-refractivity contribution in [1.29, 1.82) is 0 Å². The quantitative estimate of drug-likeness (QED) is 0.467. The third-order valence-electron chi connectivity index (χ3n) is 5.66. The summed E-state index contributed by atoms with van der Waals surface area (Å²) >= 11 is 0. The lowest BCUT2D eigenvalue weighted by Crippen LogP contribution is -2.51. The van der Waals surface area contributed by atoms with Gasteiger partial charge in [0.2, 0.25) is 5.91 Å². The number of carbonyl (C=O) groups excluding carboxylic acids is 1. The number of nitrogens with one attached hydrogen (secondary N) is 1. The molecule has 0 saturated heterocycles. The van der Waals surface area contributed by atoms with Crippen molar-refractivity contribution in [3.63, 3.8) is 0 Å². The summed E-state index contributed by atoms with van der Waals surface area (Å²) in [6.45, 7) is 0.426. The van der Waals surface area contributed by atoms with Gasteiger partial charge in [-0.05, 0) is 29.8 Å². The average molecular weight is 454 g/mol. The van der Waals surface area contributed by atoms with Crippen LogP contribution in [-0.4, -0.2) is 21.1 Å². The van der Waals surface area contributed by atoms with E-state index in [-0.39, 0.29) is 5.91 Å². The molecule has 0 spiro atoms. The normalized spacial score (nSPS) is 16.3. The van der Waals surface area contributed by atoms with Gasteiger partial charge in [0.05, 0.1) is 28.5 Å². The van der Waals surface area contributed by atoms with Crippen LogP contribution in [-0.2, 0) is 28.7 Å². The molecule has 1 amide bonds. The first-order valence-electron chi connectivity index (χ1n) is 10.8. The first-order valence-corrected chi connectivity index (χ1v) is 12.0. The molecule has 3 aromatic carbocycles. The molecule has 1 aromatic heterocycles. The minimum atomic E-state index is -1.51. The highest BCUT2D eigenvalue weighted by molar-refractivity contribution is 7.83. The van der Waals surface area contributed by atoms with Gasteiger partial charge in [-0.2, -0.15) is 0 Å². The molecule has 0 saturated carbocycles. The van der Waals surface area contributed by atoms with E-state index < -0.39 is 17.0 Å². The van der Waals surface area contributed by atoms with Crippen molar-refractivity contribution in [1.82, 2.24) is 9.71 Å². The highest BCUT2D eigenvalue weighted by atomic mass is 32.2. The van der Waals surface area contributed by atoms with Crippen LogP contribution in [0.4, 0.5) is 5.69 Å². The lowest BCUT2D eigenvalue weighted by Gasteiger charge is -2.34. The third kappa shape index (κ3) is 4.62. The molecule has 6 heteroatoms. The molecule has 2 unspecified atom stereocenters. The van der Waals surface area contributed by atoms with Crippen molar-refractivity contribution in [3.05, 3.63) is 114 Å². The van der Waals surface area contributed by atoms with Crippen LogP contribution in [0.2, 0.25) is 0 Å². The number of hydrogen-bond acceptors (Lipinski definition) is 3. The number of nitrogens with zero attached hydrogens (tertiary/aromatic N) is 2. The molecule has 164 valence electrons. The number of benzene rings is 3. The fourth-order valence-corrected chi connectivity index (χ4v) is 4.99. The zero-order valence-corrected chi connectivity index (χ0v) is 18.7. The monoisotopic (exact) mass is 453 g/mol. The molecule has 2 heterocycles. The molecular weight excluding hydrogens is 430 g/mol. The van der Waals surface area contributed by atoms with Gasteiger partial charge >= 0.3 is 0 Å². The Morgan fingerprint density at radius 3 is 2.18 bits per heavy atom. The largest absolute Gasteiger partial charge is 0.305 e. The van der Waals surface area contributed by atoms with E-state index in [1.54, 1.807) is 17.0 Å². The molecule has 0 fully saturated rings. The number of fused-ring (bicyclic) bond motifs is 1. The van der Waals surface area contributed by atoms with Crippen molar-refractivity contribution in [3.8, 4) is 11.3 Å². The van der Waals surface area contributed by atoms with Crippen molar-refractivity contribution in [2.45, 2.75) is 23.9 Å². The van der Waals surface area contributed by atoms with Crippen molar-refractivity contribution in [2.75, 3.05) is 4.90 Å². The van der Waals surface area contributed by atoms with Gasteiger partial charge in [0.1, 0.15) is 17.0 Å². The standard InChI is InChI=1S/C27H23N3O2S/c31-27-25(29-33(32)22-14-8-3-9-15-22)18-24-26(30(27)19-20-10-4-1-5-11-20)17-16-23(28-24)21-12-6-2-7-13-21/h1-17,25,29H,18-19H2. The van der Waals surface area contributed by atoms with Crippen LogP contribution in [0.15, 0.2) is 108 Å². The van der Waals surface area contributed by atoms with Gasteiger partial charge < -0.3 is 4.90 Å². The van der Waals surface area contributed by atoms with Gasteiger partial charge in [-0.3, -0.25) is 9.78 Å². The topological polar surface area (TPSA) is 62.3 Å². The molecular formula is C27H23N3O2S. The predicted molar refractivity (Wildman–Crippen MR) is 131 cm³/mol. The molecule has 1 N–H and O–H groups in total. The van der Waals surface area contributed by atoms with Crippen molar-refractivity contribution < 1.29 is 9.00 Å². The second-order valence-corrected chi connectivity index (χ2v) is 9.14. The molecule has 1 aliphatic heterocycles. The van der Waals surface area contributed by atoms with Gasteiger partial charge in [0, 0.05) is 12.0 Å². The van der Waals surface area contributed by atoms with E-state index in [2.05, 4.69) is 4.72 Å². The van der Waals surface area contributed by atoms with Gasteiger partial charge in [0.25, 0.3) is 0 Å². The first kappa shape index (κ1) is 21.2.